The number of nitrogen functional groups attached to an aromatic ring is 1. The SMILES string of the molecule is CCCCC/C=C\C/C=C\C/C=C\C/C=C\C/C=C\CCC(=O)OC[C@@H]1COP(=O)(O)OP(=O)(O)OC[C@H]2O[C@@H](n3ccc(N)nc3=O)[C@@H](CC=CCCCC(=O)O1)C(=O)C[C@@H](O)[C@H](/C=C/[C@@H](O)CCCCC)[C@H](O)[C@@H]2O. The van der Waals surface area contributed by atoms with Gasteiger partial charge in [-0.15, -0.1) is 0 Å². The lowest BCUT2D eigenvalue weighted by molar-refractivity contribution is -0.183. The fourth-order valence-electron chi connectivity index (χ4n) is 8.04. The summed E-state index contributed by atoms with van der Waals surface area (Å²) in [5.41, 5.74) is 4.71. The van der Waals surface area contributed by atoms with Gasteiger partial charge in [0.05, 0.1) is 37.4 Å². The zero-order chi connectivity index (χ0) is 56.5. The number of phosphoric ester groups is 2. The van der Waals surface area contributed by atoms with Crippen molar-refractivity contribution < 1.29 is 81.3 Å². The van der Waals surface area contributed by atoms with Crippen LogP contribution in [0.4, 0.5) is 5.82 Å². The Hall–Kier alpha value is -4.47. The number of Topliss-reactive ketones (excluding diaryl/α,β-unsaturated/α-hetero) is 1. The van der Waals surface area contributed by atoms with Crippen LogP contribution in [0.1, 0.15) is 142 Å². The normalized spacial score (nSPS) is 28.6. The van der Waals surface area contributed by atoms with E-state index in [9.17, 15) is 58.5 Å². The second-order valence-electron chi connectivity index (χ2n) is 18.8. The number of phosphoric acid groups is 2. The molecular formula is C54H83N3O18P2. The van der Waals surface area contributed by atoms with Gasteiger partial charge in [-0.2, -0.15) is 9.29 Å². The van der Waals surface area contributed by atoms with Crippen molar-refractivity contribution in [3.8, 4) is 0 Å². The Morgan fingerprint density at radius 3 is 2.09 bits per heavy atom. The number of carbonyl (C=O) groups is 3. The number of hydrogen-bond donors (Lipinski definition) is 7. The first-order valence-corrected chi connectivity index (χ1v) is 29.7. The lowest BCUT2D eigenvalue weighted by atomic mass is 9.83. The van der Waals surface area contributed by atoms with Crippen molar-refractivity contribution in [1.82, 2.24) is 9.55 Å². The number of ether oxygens (including phenoxy) is 3. The van der Waals surface area contributed by atoms with Gasteiger partial charge in [0, 0.05) is 31.4 Å². The van der Waals surface area contributed by atoms with Crippen LogP contribution in [0.3, 0.4) is 0 Å². The number of anilines is 1. The molecule has 2 bridgehead atoms. The van der Waals surface area contributed by atoms with Crippen molar-refractivity contribution >= 4 is 39.2 Å². The summed E-state index contributed by atoms with van der Waals surface area (Å²) in [5.74, 6) is -5.26. The third kappa shape index (κ3) is 27.8. The first kappa shape index (κ1) is 66.8. The van der Waals surface area contributed by atoms with E-state index < -0.39 is 120 Å². The zero-order valence-electron chi connectivity index (χ0n) is 44.4. The highest BCUT2D eigenvalue weighted by Crippen LogP contribution is 2.60. The summed E-state index contributed by atoms with van der Waals surface area (Å²) in [4.78, 5) is 78.3. The topological polar surface area (TPSA) is 323 Å². The molecule has 3 heterocycles. The molecule has 0 saturated carbocycles. The molecule has 23 heteroatoms. The molecule has 2 aliphatic heterocycles. The Balaban J connectivity index is 1.74. The summed E-state index contributed by atoms with van der Waals surface area (Å²) in [5, 5.41) is 45.5. The van der Waals surface area contributed by atoms with E-state index in [0.29, 0.717) is 25.7 Å². The predicted octanol–water partition coefficient (Wildman–Crippen LogP) is 8.03. The Morgan fingerprint density at radius 2 is 1.45 bits per heavy atom. The third-order valence-electron chi connectivity index (χ3n) is 12.3. The Labute approximate surface area is 452 Å². The van der Waals surface area contributed by atoms with Crippen LogP contribution < -0.4 is 11.4 Å². The number of cyclic esters (lactones) is 1. The number of nitrogens with two attached hydrogens (primary N) is 1. The van der Waals surface area contributed by atoms with Gasteiger partial charge in [-0.05, 0) is 76.7 Å². The number of allylic oxidation sites excluding steroid dienone is 12. The third-order valence-corrected chi connectivity index (χ3v) is 14.9. The summed E-state index contributed by atoms with van der Waals surface area (Å²) >= 11 is 0. The standard InChI is InChI=1S/C54H83N3O18P2/c1-3-5-7-8-9-10-11-12-13-14-15-16-17-18-19-20-21-22-27-31-49(61)70-38-42-39-71-76(66,67)75-77(68,69)72-40-47-52(64)51(63)43(34-33-41(58)29-25-6-4-2)45(59)37-46(60)44(30-26-23-24-28-32-50(62)73-42)53(74-47)57-36-35-48(55)56-54(57)65/h9-10,12-13,15-16,18-19,21-23,26,33-36,41-45,47,51-53,58-59,63-64H,3-8,11,14,17,20,24-25,27-32,37-40H2,1-2H3,(H,66,67)(H,68,69)(H2,55,56,65)/b10-9-,13-12-,16-15-,19-18-,22-21-,26-23?,34-33+/t41-,42+,43-,44-,45+,47+,51-,52+,53+/m0/s1. The molecule has 0 spiro atoms. The van der Waals surface area contributed by atoms with Crippen LogP contribution in [0.25, 0.3) is 0 Å². The van der Waals surface area contributed by atoms with Crippen LogP contribution in [-0.4, -0.2) is 114 Å². The summed E-state index contributed by atoms with van der Waals surface area (Å²) in [6.45, 7) is 1.34. The molecule has 77 heavy (non-hydrogen) atoms. The van der Waals surface area contributed by atoms with Crippen molar-refractivity contribution in [3.05, 3.63) is 108 Å². The molecule has 1 saturated heterocycles. The highest BCUT2D eigenvalue weighted by atomic mass is 31.3. The molecule has 1 aromatic rings. The number of ketones is 1. The van der Waals surface area contributed by atoms with Crippen LogP contribution in [-0.2, 0) is 51.1 Å². The average Bonchev–Trinajstić information content (AvgIpc) is 3.37. The van der Waals surface area contributed by atoms with Gasteiger partial charge in [0.25, 0.3) is 0 Å². The molecule has 11 atom stereocenters. The molecule has 0 amide bonds. The van der Waals surface area contributed by atoms with E-state index in [0.717, 1.165) is 49.3 Å². The largest absolute Gasteiger partial charge is 0.481 e. The molecule has 2 aliphatic rings. The summed E-state index contributed by atoms with van der Waals surface area (Å²) in [7, 11) is -11.4. The van der Waals surface area contributed by atoms with Crippen LogP contribution >= 0.6 is 15.6 Å². The first-order chi connectivity index (χ1) is 36.9. The van der Waals surface area contributed by atoms with Crippen molar-refractivity contribution in [3.63, 3.8) is 0 Å². The van der Waals surface area contributed by atoms with Crippen LogP contribution in [0.15, 0.2) is 102 Å². The van der Waals surface area contributed by atoms with Gasteiger partial charge in [0.1, 0.15) is 36.6 Å². The fourth-order valence-corrected chi connectivity index (χ4v) is 10.2. The van der Waals surface area contributed by atoms with E-state index >= 15 is 0 Å². The van der Waals surface area contributed by atoms with Crippen LogP contribution in [0, 0.1) is 11.8 Å². The number of aliphatic hydroxyl groups is 4. The number of carbonyl (C=O) groups excluding carboxylic acids is 3. The first-order valence-electron chi connectivity index (χ1n) is 26.7. The van der Waals surface area contributed by atoms with Gasteiger partial charge in [-0.3, -0.25) is 28.0 Å². The van der Waals surface area contributed by atoms with Gasteiger partial charge in [-0.1, -0.05) is 131 Å². The zero-order valence-corrected chi connectivity index (χ0v) is 46.2. The number of esters is 2. The maximum absolute atomic E-state index is 14.3. The lowest BCUT2D eigenvalue weighted by Crippen LogP contribution is -2.51. The molecule has 0 aromatic carbocycles. The molecule has 2 unspecified atom stereocenters. The number of aliphatic hydroxyl groups excluding tert-OH is 4. The maximum Gasteiger partial charge on any atom is 0.481 e. The summed E-state index contributed by atoms with van der Waals surface area (Å²) in [6, 6.07) is 1.21. The molecule has 8 N–H and O–H groups in total. The second-order valence-corrected chi connectivity index (χ2v) is 21.8. The number of hydrogen-bond acceptors (Lipinski definition) is 18. The fraction of sp³-hybridized carbons (Fsp3) is 0.611. The number of aromatic nitrogens is 2. The monoisotopic (exact) mass is 1120 g/mol. The van der Waals surface area contributed by atoms with Crippen LogP contribution in [0.2, 0.25) is 0 Å². The molecule has 3 rings (SSSR count). The van der Waals surface area contributed by atoms with Gasteiger partial charge in [0.15, 0.2) is 6.10 Å². The Bertz CT molecular complexity index is 2300. The predicted molar refractivity (Wildman–Crippen MR) is 289 cm³/mol. The number of fused-ring (bicyclic) bond motifs is 3. The Kier molecular flexibility index (Phi) is 32.5. The molecule has 1 aromatic heterocycles. The van der Waals surface area contributed by atoms with E-state index in [1.54, 1.807) is 18.2 Å². The quantitative estimate of drug-likeness (QED) is 0.0223. The van der Waals surface area contributed by atoms with Gasteiger partial charge in [0.2, 0.25) is 0 Å². The van der Waals surface area contributed by atoms with E-state index in [-0.39, 0.29) is 37.9 Å². The van der Waals surface area contributed by atoms with E-state index in [1.807, 2.05) is 25.2 Å². The molecule has 1 fully saturated rings. The van der Waals surface area contributed by atoms with E-state index in [2.05, 4.69) is 52.7 Å². The highest BCUT2D eigenvalue weighted by molar-refractivity contribution is 7.61. The second kappa shape index (κ2) is 37.4. The van der Waals surface area contributed by atoms with Crippen molar-refractivity contribution in [2.24, 2.45) is 11.8 Å². The van der Waals surface area contributed by atoms with Gasteiger partial charge < -0.3 is 50.2 Å². The van der Waals surface area contributed by atoms with Crippen LogP contribution in [0.5, 0.6) is 0 Å². The molecule has 432 valence electrons. The van der Waals surface area contributed by atoms with Crippen molar-refractivity contribution in [2.45, 2.75) is 179 Å². The minimum Gasteiger partial charge on any atom is -0.462 e. The molecule has 0 aliphatic carbocycles. The Morgan fingerprint density at radius 1 is 0.844 bits per heavy atom. The maximum atomic E-state index is 14.3. The minimum atomic E-state index is -5.74. The van der Waals surface area contributed by atoms with Crippen molar-refractivity contribution in [2.75, 3.05) is 25.6 Å². The van der Waals surface area contributed by atoms with Gasteiger partial charge in [-0.25, -0.2) is 13.9 Å². The number of rotatable bonds is 24. The van der Waals surface area contributed by atoms with Gasteiger partial charge >= 0.3 is 33.3 Å². The summed E-state index contributed by atoms with van der Waals surface area (Å²) in [6.07, 6.45) is 25.8. The van der Waals surface area contributed by atoms with Crippen molar-refractivity contribution in [1.29, 1.82) is 0 Å². The highest BCUT2D eigenvalue weighted by Gasteiger charge is 2.45. The molecule has 0 radical (unpaired) electrons. The van der Waals surface area contributed by atoms with E-state index in [4.69, 9.17) is 29.0 Å². The minimum absolute atomic E-state index is 0.0525. The number of unbranched alkanes of at least 4 members (excludes halogenated alkanes) is 5. The summed E-state index contributed by atoms with van der Waals surface area (Å²) < 4.78 is 58.7. The average molecular weight is 1120 g/mol. The lowest BCUT2D eigenvalue weighted by Gasteiger charge is -2.38. The van der Waals surface area contributed by atoms with E-state index in [1.165, 1.54) is 37.5 Å². The number of nitrogens with zero attached hydrogens (tertiary/aromatic N) is 2. The molecular weight excluding hydrogens is 1040 g/mol. The smallest absolute Gasteiger partial charge is 0.462 e. The molecule has 21 nitrogen and oxygen atoms in total.